The summed E-state index contributed by atoms with van der Waals surface area (Å²) in [4.78, 5) is 28.5. The van der Waals surface area contributed by atoms with Gasteiger partial charge in [-0.3, -0.25) is 10.1 Å². The number of aromatic nitrogens is 1. The second kappa shape index (κ2) is 9.16. The highest BCUT2D eigenvalue weighted by atomic mass is 32.1. The van der Waals surface area contributed by atoms with Gasteiger partial charge < -0.3 is 15.4 Å². The predicted octanol–water partition coefficient (Wildman–Crippen LogP) is 4.42. The molecule has 150 valence electrons. The summed E-state index contributed by atoms with van der Waals surface area (Å²) >= 11 is 1.20. The third-order valence-electron chi connectivity index (χ3n) is 3.92. The van der Waals surface area contributed by atoms with Crippen molar-refractivity contribution in [2.75, 3.05) is 23.1 Å². The van der Waals surface area contributed by atoms with E-state index in [4.69, 9.17) is 4.74 Å². The van der Waals surface area contributed by atoms with Crippen molar-refractivity contribution in [1.82, 2.24) is 4.98 Å². The number of carbonyl (C=O) groups is 2. The summed E-state index contributed by atoms with van der Waals surface area (Å²) in [5.74, 6) is -0.181. The number of benzene rings is 2. The maximum atomic E-state index is 13.6. The van der Waals surface area contributed by atoms with Crippen LogP contribution in [0.4, 0.5) is 25.7 Å². The lowest BCUT2D eigenvalue weighted by Gasteiger charge is -2.09. The Morgan fingerprint density at radius 1 is 1.14 bits per heavy atom. The lowest BCUT2D eigenvalue weighted by atomic mass is 10.2. The number of hydrogen-bond acceptors (Lipinski definition) is 5. The van der Waals surface area contributed by atoms with Gasteiger partial charge in [0.2, 0.25) is 5.91 Å². The minimum absolute atomic E-state index is 0.00179. The summed E-state index contributed by atoms with van der Waals surface area (Å²) in [6, 6.07) is 11.0. The van der Waals surface area contributed by atoms with Crippen LogP contribution in [0.3, 0.4) is 0 Å². The molecule has 2 aromatic carbocycles. The van der Waals surface area contributed by atoms with Crippen LogP contribution in [0.2, 0.25) is 0 Å². The zero-order valence-corrected chi connectivity index (χ0v) is 16.6. The Morgan fingerprint density at radius 2 is 1.93 bits per heavy atom. The third kappa shape index (κ3) is 5.52. The van der Waals surface area contributed by atoms with Gasteiger partial charge in [-0.1, -0.05) is 18.2 Å². The number of nitrogens with zero attached hydrogens (tertiary/aromatic N) is 1. The molecule has 3 amide bonds. The highest BCUT2D eigenvalue weighted by molar-refractivity contribution is 7.14. The number of para-hydroxylation sites is 2. The molecule has 3 rings (SSSR count). The maximum absolute atomic E-state index is 13.6. The van der Waals surface area contributed by atoms with Gasteiger partial charge >= 0.3 is 6.03 Å². The number of ether oxygens (including phenoxy) is 1. The number of carbonyl (C=O) groups excluding carboxylic acids is 2. The van der Waals surface area contributed by atoms with Crippen LogP contribution >= 0.6 is 11.3 Å². The van der Waals surface area contributed by atoms with Gasteiger partial charge in [0.05, 0.1) is 24.9 Å². The number of halogens is 1. The Kier molecular flexibility index (Phi) is 6.40. The number of hydrogen-bond donors (Lipinski definition) is 3. The molecule has 0 bridgehead atoms. The first-order chi connectivity index (χ1) is 13.9. The SMILES string of the molecule is COc1ccccc1NC(=O)Nc1nc(CC(=O)Nc2ccc(C)c(F)c2)cs1. The van der Waals surface area contributed by atoms with Gasteiger partial charge in [-0.05, 0) is 36.8 Å². The Morgan fingerprint density at radius 3 is 2.69 bits per heavy atom. The average Bonchev–Trinajstić information content (AvgIpc) is 3.11. The van der Waals surface area contributed by atoms with Gasteiger partial charge in [0, 0.05) is 11.1 Å². The van der Waals surface area contributed by atoms with Crippen LogP contribution in [0, 0.1) is 12.7 Å². The number of amides is 3. The smallest absolute Gasteiger partial charge is 0.325 e. The molecular formula is C20H19FN4O3S. The molecule has 9 heteroatoms. The minimum Gasteiger partial charge on any atom is -0.495 e. The van der Waals surface area contributed by atoms with Crippen LogP contribution in [-0.4, -0.2) is 24.0 Å². The van der Waals surface area contributed by atoms with E-state index in [-0.39, 0.29) is 18.1 Å². The lowest BCUT2D eigenvalue weighted by Crippen LogP contribution is -2.20. The van der Waals surface area contributed by atoms with Gasteiger partial charge in [0.1, 0.15) is 11.6 Å². The number of nitrogens with one attached hydrogen (secondary N) is 3. The van der Waals surface area contributed by atoms with Crippen LogP contribution in [0.5, 0.6) is 5.75 Å². The quantitative estimate of drug-likeness (QED) is 0.557. The first kappa shape index (κ1) is 20.3. The van der Waals surface area contributed by atoms with Crippen LogP contribution in [0.15, 0.2) is 47.8 Å². The highest BCUT2D eigenvalue weighted by Gasteiger charge is 2.12. The Bertz CT molecular complexity index is 1040. The molecular weight excluding hydrogens is 395 g/mol. The zero-order valence-electron chi connectivity index (χ0n) is 15.8. The molecule has 0 saturated heterocycles. The molecule has 0 saturated carbocycles. The Balaban J connectivity index is 1.55. The molecule has 3 N–H and O–H groups in total. The van der Waals surface area contributed by atoms with Crippen molar-refractivity contribution in [3.8, 4) is 5.75 Å². The lowest BCUT2D eigenvalue weighted by molar-refractivity contribution is -0.115. The summed E-state index contributed by atoms with van der Waals surface area (Å²) in [5.41, 5.74) is 1.90. The van der Waals surface area contributed by atoms with E-state index in [1.165, 1.54) is 24.5 Å². The van der Waals surface area contributed by atoms with Gasteiger partial charge in [-0.15, -0.1) is 11.3 Å². The molecule has 0 aliphatic heterocycles. The summed E-state index contributed by atoms with van der Waals surface area (Å²) in [6.07, 6.45) is 0.00179. The number of aryl methyl sites for hydroxylation is 1. The van der Waals surface area contributed by atoms with Crippen molar-refractivity contribution < 1.29 is 18.7 Å². The summed E-state index contributed by atoms with van der Waals surface area (Å²) in [7, 11) is 1.52. The molecule has 0 fully saturated rings. The number of anilines is 3. The van der Waals surface area contributed by atoms with Gasteiger partial charge in [0.25, 0.3) is 0 Å². The van der Waals surface area contributed by atoms with E-state index in [1.807, 2.05) is 0 Å². The molecule has 1 aromatic heterocycles. The van der Waals surface area contributed by atoms with E-state index in [2.05, 4.69) is 20.9 Å². The first-order valence-corrected chi connectivity index (χ1v) is 9.54. The standard InChI is InChI=1S/C20H19FN4O3S/c1-12-7-8-13(9-15(12)21)22-18(26)10-14-11-29-20(23-14)25-19(27)24-16-5-3-4-6-17(16)28-2/h3-9,11H,10H2,1-2H3,(H,22,26)(H2,23,24,25,27). The highest BCUT2D eigenvalue weighted by Crippen LogP contribution is 2.24. The second-order valence-corrected chi connectivity index (χ2v) is 6.97. The van der Waals surface area contributed by atoms with E-state index in [0.717, 1.165) is 0 Å². The molecule has 0 spiro atoms. The van der Waals surface area contributed by atoms with Crippen molar-refractivity contribution in [3.05, 3.63) is 64.9 Å². The Labute approximate surface area is 170 Å². The van der Waals surface area contributed by atoms with Crippen molar-refractivity contribution in [3.63, 3.8) is 0 Å². The average molecular weight is 414 g/mol. The van der Waals surface area contributed by atoms with Gasteiger partial charge in [0.15, 0.2) is 5.13 Å². The molecule has 7 nitrogen and oxygen atoms in total. The number of rotatable bonds is 6. The van der Waals surface area contributed by atoms with Crippen molar-refractivity contribution in [2.24, 2.45) is 0 Å². The van der Waals surface area contributed by atoms with Crippen molar-refractivity contribution >= 4 is 39.8 Å². The third-order valence-corrected chi connectivity index (χ3v) is 4.73. The fourth-order valence-corrected chi connectivity index (χ4v) is 3.19. The molecule has 1 heterocycles. The summed E-state index contributed by atoms with van der Waals surface area (Å²) < 4.78 is 18.8. The molecule has 3 aromatic rings. The van der Waals surface area contributed by atoms with Gasteiger partial charge in [-0.2, -0.15) is 0 Å². The minimum atomic E-state index is -0.477. The maximum Gasteiger partial charge on any atom is 0.325 e. The number of thiazole rings is 1. The zero-order chi connectivity index (χ0) is 20.8. The van der Waals surface area contributed by atoms with Crippen LogP contribution < -0.4 is 20.7 Å². The largest absolute Gasteiger partial charge is 0.495 e. The molecule has 0 aliphatic rings. The molecule has 0 unspecified atom stereocenters. The van der Waals surface area contributed by atoms with E-state index >= 15 is 0 Å². The Hall–Kier alpha value is -3.46. The normalized spacial score (nSPS) is 10.3. The van der Waals surface area contributed by atoms with E-state index in [9.17, 15) is 14.0 Å². The van der Waals surface area contributed by atoms with Crippen molar-refractivity contribution in [1.29, 1.82) is 0 Å². The van der Waals surface area contributed by atoms with E-state index in [1.54, 1.807) is 48.7 Å². The molecule has 0 radical (unpaired) electrons. The first-order valence-electron chi connectivity index (χ1n) is 8.66. The number of urea groups is 1. The monoisotopic (exact) mass is 414 g/mol. The summed E-state index contributed by atoms with van der Waals surface area (Å²) in [5, 5.41) is 9.95. The van der Waals surface area contributed by atoms with E-state index in [0.29, 0.717) is 33.5 Å². The molecule has 0 atom stereocenters. The predicted molar refractivity (Wildman–Crippen MR) is 111 cm³/mol. The fourth-order valence-electron chi connectivity index (χ4n) is 2.48. The summed E-state index contributed by atoms with van der Waals surface area (Å²) in [6.45, 7) is 1.65. The van der Waals surface area contributed by atoms with E-state index < -0.39 is 6.03 Å². The van der Waals surface area contributed by atoms with Crippen molar-refractivity contribution in [2.45, 2.75) is 13.3 Å². The van der Waals surface area contributed by atoms with Crippen LogP contribution in [0.1, 0.15) is 11.3 Å². The number of methoxy groups -OCH3 is 1. The fraction of sp³-hybridized carbons (Fsp3) is 0.150. The molecule has 29 heavy (non-hydrogen) atoms. The topological polar surface area (TPSA) is 92.3 Å². The van der Waals surface area contributed by atoms with Gasteiger partial charge in [-0.25, -0.2) is 14.2 Å². The van der Waals surface area contributed by atoms with Crippen LogP contribution in [0.25, 0.3) is 0 Å². The second-order valence-electron chi connectivity index (χ2n) is 6.11. The molecule has 0 aliphatic carbocycles. The van der Waals surface area contributed by atoms with Crippen LogP contribution in [-0.2, 0) is 11.2 Å².